The van der Waals surface area contributed by atoms with E-state index in [1.54, 1.807) is 0 Å². The molecule has 0 aliphatic heterocycles. The Balaban J connectivity index is 1.43. The molecule has 1 atom stereocenters. The zero-order valence-corrected chi connectivity index (χ0v) is 14.2. The molecule has 1 N–H and O–H groups in total. The van der Waals surface area contributed by atoms with Gasteiger partial charge in [0.15, 0.2) is 13.2 Å². The molecule has 3 rings (SSSR count). The van der Waals surface area contributed by atoms with Gasteiger partial charge < -0.3 is 14.8 Å². The van der Waals surface area contributed by atoms with Crippen LogP contribution >= 0.6 is 0 Å². The standard InChI is InChI=1S/C20H20FNO4/c21-15-7-4-8-16(11-15)25-13-20(24)26-12-19(23)22-18-10-3-6-14-5-1-2-9-17(14)18/h1-2,4-5,7-9,11,18H,3,6,10,12-13H2,(H,22,23). The summed E-state index contributed by atoms with van der Waals surface area (Å²) >= 11 is 0. The first-order valence-corrected chi connectivity index (χ1v) is 8.53. The fourth-order valence-electron chi connectivity index (χ4n) is 3.03. The number of carbonyl (C=O) groups excluding carboxylic acids is 2. The van der Waals surface area contributed by atoms with E-state index >= 15 is 0 Å². The molecule has 6 heteroatoms. The highest BCUT2D eigenvalue weighted by Gasteiger charge is 2.21. The van der Waals surface area contributed by atoms with E-state index < -0.39 is 11.8 Å². The van der Waals surface area contributed by atoms with Gasteiger partial charge in [0.2, 0.25) is 0 Å². The van der Waals surface area contributed by atoms with Crippen LogP contribution in [0.4, 0.5) is 4.39 Å². The van der Waals surface area contributed by atoms with Gasteiger partial charge in [0.05, 0.1) is 6.04 Å². The number of amides is 1. The molecule has 2 aromatic carbocycles. The first kappa shape index (κ1) is 17.9. The third kappa shape index (κ3) is 4.81. The van der Waals surface area contributed by atoms with Crippen LogP contribution in [0, 0.1) is 5.82 Å². The molecule has 0 fully saturated rings. The molecule has 1 aliphatic carbocycles. The van der Waals surface area contributed by atoms with Crippen LogP contribution < -0.4 is 10.1 Å². The fraction of sp³-hybridized carbons (Fsp3) is 0.300. The third-order valence-corrected chi connectivity index (χ3v) is 4.22. The third-order valence-electron chi connectivity index (χ3n) is 4.22. The van der Waals surface area contributed by atoms with E-state index in [4.69, 9.17) is 9.47 Å². The van der Waals surface area contributed by atoms with Gasteiger partial charge in [-0.1, -0.05) is 30.3 Å². The first-order valence-electron chi connectivity index (χ1n) is 8.53. The maximum absolute atomic E-state index is 13.0. The van der Waals surface area contributed by atoms with Crippen molar-refractivity contribution in [3.8, 4) is 5.75 Å². The quantitative estimate of drug-likeness (QED) is 0.808. The summed E-state index contributed by atoms with van der Waals surface area (Å²) in [6, 6.07) is 13.4. The fourth-order valence-corrected chi connectivity index (χ4v) is 3.03. The molecule has 5 nitrogen and oxygen atoms in total. The van der Waals surface area contributed by atoms with Crippen molar-refractivity contribution in [2.45, 2.75) is 25.3 Å². The SMILES string of the molecule is O=C(COC(=O)COc1cccc(F)c1)NC1CCCc2ccccc21. The number of nitrogens with one attached hydrogen (secondary N) is 1. The molecule has 0 saturated heterocycles. The number of benzene rings is 2. The van der Waals surface area contributed by atoms with E-state index in [2.05, 4.69) is 11.4 Å². The highest BCUT2D eigenvalue weighted by atomic mass is 19.1. The molecule has 136 valence electrons. The van der Waals surface area contributed by atoms with Gasteiger partial charge in [-0.05, 0) is 42.5 Å². The Hall–Kier alpha value is -2.89. The van der Waals surface area contributed by atoms with Gasteiger partial charge in [-0.2, -0.15) is 0 Å². The molecule has 0 spiro atoms. The lowest BCUT2D eigenvalue weighted by Gasteiger charge is -2.26. The Kier molecular flexibility index (Phi) is 5.84. The molecule has 0 bridgehead atoms. The van der Waals surface area contributed by atoms with Gasteiger partial charge >= 0.3 is 5.97 Å². The summed E-state index contributed by atoms with van der Waals surface area (Å²) in [5, 5.41) is 2.91. The lowest BCUT2D eigenvalue weighted by molar-refractivity contribution is -0.150. The van der Waals surface area contributed by atoms with Crippen molar-refractivity contribution in [1.82, 2.24) is 5.32 Å². The Morgan fingerprint density at radius 1 is 1.12 bits per heavy atom. The molecule has 0 saturated carbocycles. The predicted octanol–water partition coefficient (Wildman–Crippen LogP) is 2.94. The van der Waals surface area contributed by atoms with Crippen molar-refractivity contribution in [3.05, 3.63) is 65.5 Å². The van der Waals surface area contributed by atoms with E-state index in [0.717, 1.165) is 24.8 Å². The summed E-state index contributed by atoms with van der Waals surface area (Å²) in [7, 11) is 0. The maximum atomic E-state index is 13.0. The van der Waals surface area contributed by atoms with Gasteiger partial charge in [-0.25, -0.2) is 9.18 Å². The Bertz CT molecular complexity index is 793. The van der Waals surface area contributed by atoms with E-state index in [1.807, 2.05) is 18.2 Å². The van der Waals surface area contributed by atoms with Crippen LogP contribution in [0.3, 0.4) is 0 Å². The minimum absolute atomic E-state index is 0.0605. The average molecular weight is 357 g/mol. The molecule has 2 aromatic rings. The average Bonchev–Trinajstić information content (AvgIpc) is 2.65. The number of rotatable bonds is 6. The molecule has 1 amide bonds. The highest BCUT2D eigenvalue weighted by Crippen LogP contribution is 2.29. The smallest absolute Gasteiger partial charge is 0.344 e. The van der Waals surface area contributed by atoms with Crippen molar-refractivity contribution in [2.24, 2.45) is 0 Å². The van der Waals surface area contributed by atoms with Gasteiger partial charge in [-0.15, -0.1) is 0 Å². The van der Waals surface area contributed by atoms with Crippen molar-refractivity contribution in [1.29, 1.82) is 0 Å². The minimum Gasteiger partial charge on any atom is -0.482 e. The minimum atomic E-state index is -0.687. The summed E-state index contributed by atoms with van der Waals surface area (Å²) in [4.78, 5) is 23.7. The topological polar surface area (TPSA) is 64.6 Å². The second-order valence-electron chi connectivity index (χ2n) is 6.12. The summed E-state index contributed by atoms with van der Waals surface area (Å²) in [6.45, 7) is -0.757. The van der Waals surface area contributed by atoms with Crippen molar-refractivity contribution >= 4 is 11.9 Å². The molecule has 1 aliphatic rings. The normalized spacial score (nSPS) is 15.7. The zero-order chi connectivity index (χ0) is 18.4. The molecule has 1 unspecified atom stereocenters. The number of fused-ring (bicyclic) bond motifs is 1. The van der Waals surface area contributed by atoms with E-state index in [1.165, 1.54) is 29.8 Å². The number of carbonyl (C=O) groups is 2. The summed E-state index contributed by atoms with van der Waals surface area (Å²) in [5.41, 5.74) is 2.36. The monoisotopic (exact) mass is 357 g/mol. The van der Waals surface area contributed by atoms with Crippen molar-refractivity contribution < 1.29 is 23.5 Å². The number of hydrogen-bond acceptors (Lipinski definition) is 4. The van der Waals surface area contributed by atoms with Crippen molar-refractivity contribution in [2.75, 3.05) is 13.2 Å². The summed E-state index contributed by atoms with van der Waals surface area (Å²) < 4.78 is 23.1. The maximum Gasteiger partial charge on any atom is 0.344 e. The van der Waals surface area contributed by atoms with Gasteiger partial charge in [0, 0.05) is 6.07 Å². The summed E-state index contributed by atoms with van der Waals surface area (Å²) in [5.74, 6) is -1.27. The lowest BCUT2D eigenvalue weighted by atomic mass is 9.88. The molecular formula is C20H20FNO4. The van der Waals surface area contributed by atoms with Crippen LogP contribution in [0.5, 0.6) is 5.75 Å². The summed E-state index contributed by atoms with van der Waals surface area (Å²) in [6.07, 6.45) is 2.87. The van der Waals surface area contributed by atoms with Crippen LogP contribution in [0.15, 0.2) is 48.5 Å². The first-order chi connectivity index (χ1) is 12.6. The molecule has 0 aromatic heterocycles. The molecule has 26 heavy (non-hydrogen) atoms. The van der Waals surface area contributed by atoms with Gasteiger partial charge in [-0.3, -0.25) is 4.79 Å². The molecule has 0 heterocycles. The highest BCUT2D eigenvalue weighted by molar-refractivity contribution is 5.81. The van der Waals surface area contributed by atoms with E-state index in [0.29, 0.717) is 0 Å². The van der Waals surface area contributed by atoms with Crippen LogP contribution in [-0.2, 0) is 20.7 Å². The predicted molar refractivity (Wildman–Crippen MR) is 93.1 cm³/mol. The number of aryl methyl sites for hydroxylation is 1. The Morgan fingerprint density at radius 3 is 2.81 bits per heavy atom. The second-order valence-corrected chi connectivity index (χ2v) is 6.12. The Morgan fingerprint density at radius 2 is 1.96 bits per heavy atom. The van der Waals surface area contributed by atoms with Crippen LogP contribution in [-0.4, -0.2) is 25.1 Å². The molecular weight excluding hydrogens is 337 g/mol. The lowest BCUT2D eigenvalue weighted by Crippen LogP contribution is -2.34. The number of ether oxygens (including phenoxy) is 2. The van der Waals surface area contributed by atoms with E-state index in [9.17, 15) is 14.0 Å². The zero-order valence-electron chi connectivity index (χ0n) is 14.2. The second kappa shape index (κ2) is 8.47. The number of esters is 1. The van der Waals surface area contributed by atoms with Crippen LogP contribution in [0.2, 0.25) is 0 Å². The largest absolute Gasteiger partial charge is 0.482 e. The van der Waals surface area contributed by atoms with Crippen LogP contribution in [0.1, 0.15) is 30.0 Å². The van der Waals surface area contributed by atoms with E-state index in [-0.39, 0.29) is 30.9 Å². The van der Waals surface area contributed by atoms with Gasteiger partial charge in [0.25, 0.3) is 5.91 Å². The number of halogens is 1. The van der Waals surface area contributed by atoms with Crippen LogP contribution in [0.25, 0.3) is 0 Å². The Labute approximate surface area is 151 Å². The molecule has 0 radical (unpaired) electrons. The van der Waals surface area contributed by atoms with Gasteiger partial charge in [0.1, 0.15) is 11.6 Å². The number of hydrogen-bond donors (Lipinski definition) is 1. The van der Waals surface area contributed by atoms with Crippen molar-refractivity contribution in [3.63, 3.8) is 0 Å².